The van der Waals surface area contributed by atoms with E-state index in [1.165, 1.54) is 61.8 Å². The molecule has 0 fully saturated rings. The van der Waals surface area contributed by atoms with Crippen molar-refractivity contribution in [3.8, 4) is 11.5 Å². The zero-order chi connectivity index (χ0) is 22.4. The zero-order valence-corrected chi connectivity index (χ0v) is 16.2. The van der Waals surface area contributed by atoms with Crippen molar-refractivity contribution >= 4 is 29.3 Å². The lowest BCUT2D eigenvalue weighted by Crippen LogP contribution is -2.20. The topological polar surface area (TPSA) is 130 Å². The molecule has 0 aliphatic heterocycles. The Bertz CT molecular complexity index is 1150. The molecule has 3 aromatic rings. The number of carboxylic acid groups (broad SMARTS) is 1. The average Bonchev–Trinajstić information content (AvgIpc) is 2.75. The number of hydrogen-bond acceptors (Lipinski definition) is 5. The van der Waals surface area contributed by atoms with Gasteiger partial charge in [-0.05, 0) is 36.4 Å². The Morgan fingerprint density at radius 3 is 2.48 bits per heavy atom. The smallest absolute Gasteiger partial charge is 0.335 e. The molecule has 1 aromatic heterocycles. The molecule has 31 heavy (non-hydrogen) atoms. The molecule has 0 bridgehead atoms. The Hall–Kier alpha value is -4.47. The molecule has 3 amide bonds. The van der Waals surface area contributed by atoms with Crippen LogP contribution in [0.25, 0.3) is 0 Å². The van der Waals surface area contributed by atoms with Gasteiger partial charge in [0.2, 0.25) is 0 Å². The van der Waals surface area contributed by atoms with Gasteiger partial charge in [-0.2, -0.15) is 0 Å². The molecule has 2 aromatic carbocycles. The SMILES string of the molecule is CNC(=O)c1cc(Oc2ccc(NC(=O)Nc3cccc(C(=O)O)c3)c(F)c2)ccn1. The van der Waals surface area contributed by atoms with E-state index >= 15 is 0 Å². The van der Waals surface area contributed by atoms with E-state index in [-0.39, 0.29) is 34.1 Å². The van der Waals surface area contributed by atoms with E-state index in [9.17, 15) is 18.8 Å². The van der Waals surface area contributed by atoms with Crippen molar-refractivity contribution in [2.75, 3.05) is 17.7 Å². The first kappa shape index (κ1) is 21.2. The van der Waals surface area contributed by atoms with Gasteiger partial charge in [0.1, 0.15) is 23.0 Å². The van der Waals surface area contributed by atoms with Gasteiger partial charge in [-0.25, -0.2) is 14.0 Å². The van der Waals surface area contributed by atoms with Crippen molar-refractivity contribution in [1.29, 1.82) is 0 Å². The molecule has 158 valence electrons. The standard InChI is InChI=1S/C21H17FN4O5/c1-23-19(27)18-11-15(7-8-24-18)31-14-5-6-17(16(22)10-14)26-21(30)25-13-4-2-3-12(9-13)20(28)29/h2-11H,1H3,(H,23,27)(H,28,29)(H2,25,26,30). The number of urea groups is 1. The Morgan fingerprint density at radius 1 is 1.00 bits per heavy atom. The molecule has 1 heterocycles. The molecular weight excluding hydrogens is 407 g/mol. The van der Waals surface area contributed by atoms with Crippen molar-refractivity contribution in [1.82, 2.24) is 10.3 Å². The van der Waals surface area contributed by atoms with Crippen LogP contribution in [-0.2, 0) is 0 Å². The fraction of sp³-hybridized carbons (Fsp3) is 0.0476. The van der Waals surface area contributed by atoms with Gasteiger partial charge in [-0.3, -0.25) is 9.78 Å². The summed E-state index contributed by atoms with van der Waals surface area (Å²) in [6, 6.07) is 11.6. The maximum atomic E-state index is 14.4. The Balaban J connectivity index is 1.67. The highest BCUT2D eigenvalue weighted by atomic mass is 19.1. The molecule has 0 aliphatic carbocycles. The Kier molecular flexibility index (Phi) is 6.41. The van der Waals surface area contributed by atoms with E-state index in [0.717, 1.165) is 6.07 Å². The summed E-state index contributed by atoms with van der Waals surface area (Å²) < 4.78 is 19.9. The number of benzene rings is 2. The second-order valence-electron chi connectivity index (χ2n) is 6.16. The number of nitrogens with one attached hydrogen (secondary N) is 3. The fourth-order valence-electron chi connectivity index (χ4n) is 2.54. The number of rotatable bonds is 6. The second-order valence-corrected chi connectivity index (χ2v) is 6.16. The number of ether oxygens (including phenoxy) is 1. The van der Waals surface area contributed by atoms with E-state index in [0.29, 0.717) is 0 Å². The highest BCUT2D eigenvalue weighted by Crippen LogP contribution is 2.26. The number of halogens is 1. The summed E-state index contributed by atoms with van der Waals surface area (Å²) >= 11 is 0. The van der Waals surface area contributed by atoms with E-state index < -0.39 is 23.7 Å². The van der Waals surface area contributed by atoms with Crippen LogP contribution in [0.5, 0.6) is 11.5 Å². The third-order valence-corrected chi connectivity index (χ3v) is 3.98. The monoisotopic (exact) mass is 424 g/mol. The highest BCUT2D eigenvalue weighted by Gasteiger charge is 2.11. The second kappa shape index (κ2) is 9.35. The Labute approximate surface area is 175 Å². The first-order valence-electron chi connectivity index (χ1n) is 8.92. The number of hydrogen-bond donors (Lipinski definition) is 4. The van der Waals surface area contributed by atoms with E-state index in [1.807, 2.05) is 0 Å². The summed E-state index contributed by atoms with van der Waals surface area (Å²) in [7, 11) is 1.47. The molecule has 0 saturated heterocycles. The summed E-state index contributed by atoms with van der Waals surface area (Å²) in [5.41, 5.74) is 0.269. The fourth-order valence-corrected chi connectivity index (χ4v) is 2.54. The maximum Gasteiger partial charge on any atom is 0.335 e. The van der Waals surface area contributed by atoms with Crippen molar-refractivity contribution in [3.63, 3.8) is 0 Å². The largest absolute Gasteiger partial charge is 0.478 e. The van der Waals surface area contributed by atoms with Gasteiger partial charge in [0.25, 0.3) is 5.91 Å². The summed E-state index contributed by atoms with van der Waals surface area (Å²) in [5.74, 6) is -1.86. The van der Waals surface area contributed by atoms with Crippen molar-refractivity contribution in [2.45, 2.75) is 0 Å². The molecule has 4 N–H and O–H groups in total. The van der Waals surface area contributed by atoms with Crippen molar-refractivity contribution < 1.29 is 28.6 Å². The van der Waals surface area contributed by atoms with Crippen LogP contribution in [0.15, 0.2) is 60.8 Å². The van der Waals surface area contributed by atoms with Gasteiger partial charge < -0.3 is 25.8 Å². The molecule has 0 atom stereocenters. The number of nitrogens with zero attached hydrogens (tertiary/aromatic N) is 1. The van der Waals surface area contributed by atoms with E-state index in [1.54, 1.807) is 0 Å². The maximum absolute atomic E-state index is 14.4. The predicted octanol–water partition coefficient (Wildman–Crippen LogP) is 3.71. The van der Waals surface area contributed by atoms with Crippen LogP contribution in [0.4, 0.5) is 20.6 Å². The third kappa shape index (κ3) is 5.54. The van der Waals surface area contributed by atoms with Crippen LogP contribution in [0.1, 0.15) is 20.8 Å². The molecule has 0 saturated carbocycles. The molecular formula is C21H17FN4O5. The first-order valence-corrected chi connectivity index (χ1v) is 8.92. The molecule has 0 unspecified atom stereocenters. The molecule has 3 rings (SSSR count). The van der Waals surface area contributed by atoms with Crippen molar-refractivity contribution in [2.24, 2.45) is 0 Å². The van der Waals surface area contributed by atoms with Crippen LogP contribution in [-0.4, -0.2) is 35.0 Å². The number of carbonyl (C=O) groups is 3. The van der Waals surface area contributed by atoms with Gasteiger partial charge >= 0.3 is 12.0 Å². The van der Waals surface area contributed by atoms with Gasteiger partial charge in [0.15, 0.2) is 0 Å². The first-order chi connectivity index (χ1) is 14.9. The zero-order valence-electron chi connectivity index (χ0n) is 16.2. The van der Waals surface area contributed by atoms with E-state index in [2.05, 4.69) is 20.9 Å². The normalized spacial score (nSPS) is 10.1. The van der Waals surface area contributed by atoms with Crippen LogP contribution < -0.4 is 20.7 Å². The van der Waals surface area contributed by atoms with Crippen LogP contribution in [0.3, 0.4) is 0 Å². The minimum Gasteiger partial charge on any atom is -0.478 e. The van der Waals surface area contributed by atoms with Gasteiger partial charge in [0, 0.05) is 31.1 Å². The lowest BCUT2D eigenvalue weighted by molar-refractivity contribution is 0.0696. The van der Waals surface area contributed by atoms with Crippen molar-refractivity contribution in [3.05, 3.63) is 77.9 Å². The number of anilines is 2. The number of aromatic carboxylic acids is 1. The average molecular weight is 424 g/mol. The number of carboxylic acids is 1. The minimum absolute atomic E-state index is 0.00108. The Morgan fingerprint density at radius 2 is 1.77 bits per heavy atom. The predicted molar refractivity (Wildman–Crippen MR) is 110 cm³/mol. The minimum atomic E-state index is -1.14. The van der Waals surface area contributed by atoms with Gasteiger partial charge in [-0.15, -0.1) is 0 Å². The molecule has 0 radical (unpaired) electrons. The summed E-state index contributed by atoms with van der Waals surface area (Å²) in [6.07, 6.45) is 1.38. The molecule has 9 nitrogen and oxygen atoms in total. The van der Waals surface area contributed by atoms with Crippen LogP contribution in [0, 0.1) is 5.82 Å². The quantitative estimate of drug-likeness (QED) is 0.477. The summed E-state index contributed by atoms with van der Waals surface area (Å²) in [5, 5.41) is 16.2. The molecule has 0 spiro atoms. The third-order valence-electron chi connectivity index (χ3n) is 3.98. The molecule has 10 heteroatoms. The van der Waals surface area contributed by atoms with Gasteiger partial charge in [-0.1, -0.05) is 6.07 Å². The summed E-state index contributed by atoms with van der Waals surface area (Å²) in [4.78, 5) is 38.7. The number of pyridine rings is 1. The number of amides is 3. The van der Waals surface area contributed by atoms with Gasteiger partial charge in [0.05, 0.1) is 11.3 Å². The lowest BCUT2D eigenvalue weighted by Gasteiger charge is -2.11. The highest BCUT2D eigenvalue weighted by molar-refractivity contribution is 6.00. The van der Waals surface area contributed by atoms with Crippen LogP contribution >= 0.6 is 0 Å². The number of aromatic nitrogens is 1. The molecule has 0 aliphatic rings. The lowest BCUT2D eigenvalue weighted by atomic mass is 10.2. The van der Waals surface area contributed by atoms with E-state index in [4.69, 9.17) is 9.84 Å². The number of carbonyl (C=O) groups excluding carboxylic acids is 2. The van der Waals surface area contributed by atoms with Crippen LogP contribution in [0.2, 0.25) is 0 Å². The summed E-state index contributed by atoms with van der Waals surface area (Å²) in [6.45, 7) is 0.